The fourth-order valence-corrected chi connectivity index (χ4v) is 5.57. The molecule has 37 heavy (non-hydrogen) atoms. The number of aliphatic hydroxyl groups excluding tert-OH is 2. The van der Waals surface area contributed by atoms with Gasteiger partial charge in [0.05, 0.1) is 29.9 Å². The molecule has 2 aliphatic carbocycles. The molecule has 0 radical (unpaired) electrons. The monoisotopic (exact) mass is 581 g/mol. The highest BCUT2D eigenvalue weighted by Crippen LogP contribution is 2.39. The van der Waals surface area contributed by atoms with E-state index < -0.39 is 0 Å². The number of esters is 1. The van der Waals surface area contributed by atoms with Gasteiger partial charge >= 0.3 is 5.97 Å². The van der Waals surface area contributed by atoms with Gasteiger partial charge in [-0.25, -0.2) is 4.79 Å². The molecule has 3 N–H and O–H groups in total. The summed E-state index contributed by atoms with van der Waals surface area (Å²) in [5, 5.41) is 20.0. The second-order valence-corrected chi connectivity index (χ2v) is 11.2. The van der Waals surface area contributed by atoms with Gasteiger partial charge in [0.15, 0.2) is 0 Å². The highest BCUT2D eigenvalue weighted by Gasteiger charge is 2.29. The van der Waals surface area contributed by atoms with Crippen LogP contribution in [0.4, 0.5) is 0 Å². The molecule has 5 nitrogen and oxygen atoms in total. The van der Waals surface area contributed by atoms with Gasteiger partial charge in [-0.05, 0) is 78.5 Å². The van der Waals surface area contributed by atoms with Gasteiger partial charge in [0.1, 0.15) is 0 Å². The molecule has 0 saturated heterocycles. The van der Waals surface area contributed by atoms with Gasteiger partial charge in [-0.1, -0.05) is 63.9 Å². The van der Waals surface area contributed by atoms with Crippen molar-refractivity contribution in [2.45, 2.75) is 49.7 Å². The molecule has 0 unspecified atom stereocenters. The Hall–Kier alpha value is -2.64. The topological polar surface area (TPSA) is 82.6 Å². The summed E-state index contributed by atoms with van der Waals surface area (Å²) in [6, 6.07) is 20.4. The van der Waals surface area contributed by atoms with Crippen LogP contribution in [0.5, 0.6) is 0 Å². The molecular formula is C30H29BrClNO4. The highest BCUT2D eigenvalue weighted by atomic mass is 79.9. The molecule has 1 aromatic heterocycles. The second-order valence-electron chi connectivity index (χ2n) is 9.89. The number of aromatic nitrogens is 1. The third-order valence-corrected chi connectivity index (χ3v) is 8.28. The number of halogens is 2. The van der Waals surface area contributed by atoms with Crippen LogP contribution in [0.1, 0.15) is 59.0 Å². The van der Waals surface area contributed by atoms with Crippen LogP contribution in [-0.4, -0.2) is 40.5 Å². The lowest BCUT2D eigenvalue weighted by molar-refractivity contribution is 0.0602. The van der Waals surface area contributed by atoms with E-state index in [4.69, 9.17) is 21.4 Å². The molecule has 0 amide bonds. The third kappa shape index (κ3) is 5.63. The predicted molar refractivity (Wildman–Crippen MR) is 150 cm³/mol. The number of hydrogen-bond donors (Lipinski definition) is 3. The number of rotatable bonds is 4. The minimum atomic E-state index is -0.376. The Bertz CT molecular complexity index is 1390. The van der Waals surface area contributed by atoms with Crippen molar-refractivity contribution in [3.05, 3.63) is 93.0 Å². The molecule has 192 valence electrons. The number of carbonyl (C=O) groups is 1. The molecule has 4 aromatic rings. The van der Waals surface area contributed by atoms with Crippen molar-refractivity contribution in [3.63, 3.8) is 0 Å². The van der Waals surface area contributed by atoms with Crippen molar-refractivity contribution in [3.8, 4) is 11.1 Å². The van der Waals surface area contributed by atoms with E-state index in [1.54, 1.807) is 6.20 Å². The Labute approximate surface area is 229 Å². The van der Waals surface area contributed by atoms with E-state index in [0.29, 0.717) is 22.4 Å². The van der Waals surface area contributed by atoms with Crippen molar-refractivity contribution < 1.29 is 19.7 Å². The zero-order chi connectivity index (χ0) is 26.1. The summed E-state index contributed by atoms with van der Waals surface area (Å²) in [6.07, 6.45) is 4.95. The summed E-state index contributed by atoms with van der Waals surface area (Å²) in [5.41, 5.74) is 5.75. The van der Waals surface area contributed by atoms with E-state index >= 15 is 0 Å². The SMILES string of the molecule is COC(=O)c1c[nH]c2cc(Cl)c(-c3ccc(C4CC(O)C4)cc3)cc12.OC1CC(c2ccc(Br)cc2)C1. The Balaban J connectivity index is 0.000000195. The van der Waals surface area contributed by atoms with Crippen molar-refractivity contribution in [2.75, 3.05) is 7.11 Å². The lowest BCUT2D eigenvalue weighted by Gasteiger charge is -2.31. The van der Waals surface area contributed by atoms with Crippen LogP contribution in [0.2, 0.25) is 5.02 Å². The van der Waals surface area contributed by atoms with Crippen molar-refractivity contribution in [2.24, 2.45) is 0 Å². The second kappa shape index (κ2) is 11.0. The number of aliphatic hydroxyl groups is 2. The lowest BCUT2D eigenvalue weighted by atomic mass is 9.77. The van der Waals surface area contributed by atoms with Gasteiger partial charge in [0.25, 0.3) is 0 Å². The number of hydrogen-bond acceptors (Lipinski definition) is 4. The molecule has 0 aliphatic heterocycles. The fourth-order valence-electron chi connectivity index (χ4n) is 5.03. The van der Waals surface area contributed by atoms with E-state index in [1.165, 1.54) is 18.2 Å². The Kier molecular flexibility index (Phi) is 7.72. The number of ether oxygens (including phenoxy) is 1. The van der Waals surface area contributed by atoms with Gasteiger partial charge < -0.3 is 19.9 Å². The van der Waals surface area contributed by atoms with Crippen molar-refractivity contribution in [1.82, 2.24) is 4.98 Å². The van der Waals surface area contributed by atoms with E-state index in [2.05, 4.69) is 57.3 Å². The molecule has 0 atom stereocenters. The molecule has 2 saturated carbocycles. The molecule has 6 rings (SSSR count). The minimum Gasteiger partial charge on any atom is -0.465 e. The summed E-state index contributed by atoms with van der Waals surface area (Å²) >= 11 is 9.85. The normalized spacial score (nSPS) is 22.4. The van der Waals surface area contributed by atoms with Crippen LogP contribution in [0.3, 0.4) is 0 Å². The zero-order valence-electron chi connectivity index (χ0n) is 20.5. The largest absolute Gasteiger partial charge is 0.465 e. The summed E-state index contributed by atoms with van der Waals surface area (Å²) < 4.78 is 5.95. The predicted octanol–water partition coefficient (Wildman–Crippen LogP) is 7.20. The Morgan fingerprint density at radius 3 is 1.97 bits per heavy atom. The van der Waals surface area contributed by atoms with Gasteiger partial charge in [0.2, 0.25) is 0 Å². The zero-order valence-corrected chi connectivity index (χ0v) is 22.8. The van der Waals surface area contributed by atoms with Gasteiger partial charge in [-0.15, -0.1) is 0 Å². The Morgan fingerprint density at radius 2 is 1.46 bits per heavy atom. The first-order valence-electron chi connectivity index (χ1n) is 12.4. The maximum Gasteiger partial charge on any atom is 0.340 e. The van der Waals surface area contributed by atoms with Crippen molar-refractivity contribution in [1.29, 1.82) is 0 Å². The number of aromatic amines is 1. The number of nitrogens with one attached hydrogen (secondary N) is 1. The summed E-state index contributed by atoms with van der Waals surface area (Å²) in [6.45, 7) is 0. The maximum atomic E-state index is 11.9. The summed E-state index contributed by atoms with van der Waals surface area (Å²) in [5.74, 6) is 0.657. The van der Waals surface area contributed by atoms with Crippen molar-refractivity contribution >= 4 is 44.4 Å². The van der Waals surface area contributed by atoms with Crippen LogP contribution < -0.4 is 0 Å². The van der Waals surface area contributed by atoms with E-state index in [9.17, 15) is 9.90 Å². The van der Waals surface area contributed by atoms with Gasteiger partial charge in [0, 0.05) is 27.1 Å². The highest BCUT2D eigenvalue weighted by molar-refractivity contribution is 9.10. The molecule has 2 aliphatic rings. The number of benzene rings is 3. The molecule has 2 fully saturated rings. The van der Waals surface area contributed by atoms with E-state index in [0.717, 1.165) is 52.2 Å². The molecular weight excluding hydrogens is 554 g/mol. The first-order valence-corrected chi connectivity index (χ1v) is 13.6. The van der Waals surface area contributed by atoms with Crippen LogP contribution in [0.15, 0.2) is 71.3 Å². The maximum absolute atomic E-state index is 11.9. The van der Waals surface area contributed by atoms with Crippen LogP contribution in [0.25, 0.3) is 22.0 Å². The van der Waals surface area contributed by atoms with Crippen LogP contribution in [0, 0.1) is 0 Å². The molecule has 1 heterocycles. The number of H-pyrrole nitrogens is 1. The van der Waals surface area contributed by atoms with Crippen LogP contribution in [-0.2, 0) is 4.74 Å². The van der Waals surface area contributed by atoms with Gasteiger partial charge in [-0.2, -0.15) is 0 Å². The fraction of sp³-hybridized carbons (Fsp3) is 0.300. The molecule has 0 spiro atoms. The Morgan fingerprint density at radius 1 is 0.919 bits per heavy atom. The standard InChI is InChI=1S/C20H18ClNO3.C10H11BrO/c1-25-20(24)17-10-22-19-9-18(21)15(8-16(17)19)12-4-2-11(3-5-12)13-6-14(23)7-13;11-9-3-1-7(2-4-9)8-5-10(12)6-8/h2-5,8-10,13-14,22-23H,6-7H2,1H3;1-4,8,10,12H,5-6H2. The first kappa shape index (κ1) is 26.0. The minimum absolute atomic E-state index is 0.0568. The number of methoxy groups -OCH3 is 1. The van der Waals surface area contributed by atoms with Gasteiger partial charge in [-0.3, -0.25) is 0 Å². The summed E-state index contributed by atoms with van der Waals surface area (Å²) in [7, 11) is 1.37. The first-order chi connectivity index (χ1) is 17.8. The average Bonchev–Trinajstić information content (AvgIpc) is 3.28. The summed E-state index contributed by atoms with van der Waals surface area (Å²) in [4.78, 5) is 15.0. The number of fused-ring (bicyclic) bond motifs is 1. The lowest BCUT2D eigenvalue weighted by Crippen LogP contribution is -2.26. The molecule has 7 heteroatoms. The van der Waals surface area contributed by atoms with Crippen LogP contribution >= 0.6 is 27.5 Å². The average molecular weight is 583 g/mol. The van der Waals surface area contributed by atoms with E-state index in [1.807, 2.05) is 24.3 Å². The third-order valence-electron chi connectivity index (χ3n) is 7.44. The quantitative estimate of drug-likeness (QED) is 0.222. The smallest absolute Gasteiger partial charge is 0.340 e. The number of carbonyl (C=O) groups excluding carboxylic acids is 1. The molecule has 3 aromatic carbocycles. The van der Waals surface area contributed by atoms with E-state index in [-0.39, 0.29) is 18.2 Å². The molecule has 0 bridgehead atoms.